The molecule has 0 amide bonds. The van der Waals surface area contributed by atoms with Crippen molar-refractivity contribution >= 4 is 63.1 Å². The van der Waals surface area contributed by atoms with Crippen LogP contribution in [0.3, 0.4) is 0 Å². The van der Waals surface area contributed by atoms with Crippen molar-refractivity contribution in [3.05, 3.63) is 63.2 Å². The van der Waals surface area contributed by atoms with Gasteiger partial charge in [-0.3, -0.25) is 4.79 Å². The number of benzene rings is 2. The molecule has 0 saturated heterocycles. The second-order valence-electron chi connectivity index (χ2n) is 4.94. The summed E-state index contributed by atoms with van der Waals surface area (Å²) in [4.78, 5) is 12.9. The molecule has 4 aromatic rings. The molecule has 0 saturated carbocycles. The molecule has 0 aliphatic rings. The van der Waals surface area contributed by atoms with Gasteiger partial charge in [0.1, 0.15) is 0 Å². The Morgan fingerprint density at radius 3 is 2.64 bits per heavy atom. The Bertz CT molecular complexity index is 1080. The minimum atomic E-state index is 0.0623. The molecule has 22 heavy (non-hydrogen) atoms. The van der Waals surface area contributed by atoms with Gasteiger partial charge < -0.3 is 5.73 Å². The molecule has 4 rings (SSSR count). The second kappa shape index (κ2) is 5.19. The number of fused-ring (bicyclic) bond motifs is 2. The van der Waals surface area contributed by atoms with Crippen molar-refractivity contribution in [1.29, 1.82) is 0 Å². The van der Waals surface area contributed by atoms with Gasteiger partial charge in [0.05, 0.1) is 14.4 Å². The Balaban J connectivity index is 2.18. The lowest BCUT2D eigenvalue weighted by Gasteiger charge is -2.03. The first-order valence-electron chi connectivity index (χ1n) is 6.65. The standard InChI is InChI=1S/C17H10BrNOS2/c18-10-5-3-4-9(8-10)13-14-15(20)11-6-1-2-7-12(11)21-17(14)22-16(13)19/h1-8H,19H2. The number of hydrogen-bond acceptors (Lipinski definition) is 4. The van der Waals surface area contributed by atoms with Gasteiger partial charge in [-0.2, -0.15) is 0 Å². The van der Waals surface area contributed by atoms with Crippen molar-refractivity contribution in [3.8, 4) is 11.1 Å². The number of thiophene rings is 1. The molecule has 0 fully saturated rings. The molecular formula is C17H10BrNOS2. The summed E-state index contributed by atoms with van der Waals surface area (Å²) in [6.45, 7) is 0. The summed E-state index contributed by atoms with van der Waals surface area (Å²) < 4.78 is 2.96. The first-order chi connectivity index (χ1) is 10.6. The second-order valence-corrected chi connectivity index (χ2v) is 8.22. The van der Waals surface area contributed by atoms with E-state index in [0.29, 0.717) is 5.00 Å². The fourth-order valence-corrected chi connectivity index (χ4v) is 5.45. The zero-order valence-corrected chi connectivity index (χ0v) is 14.5. The predicted molar refractivity (Wildman–Crippen MR) is 101 cm³/mol. The number of nitrogen functional groups attached to an aromatic ring is 1. The monoisotopic (exact) mass is 387 g/mol. The average Bonchev–Trinajstić information content (AvgIpc) is 2.84. The maximum absolute atomic E-state index is 12.9. The zero-order chi connectivity index (χ0) is 15.3. The highest BCUT2D eigenvalue weighted by molar-refractivity contribution is 9.10. The Labute approximate surface area is 143 Å². The molecule has 0 unspecified atom stereocenters. The molecule has 2 heterocycles. The number of halogens is 1. The molecule has 2 aromatic carbocycles. The molecule has 0 spiro atoms. The quantitative estimate of drug-likeness (QED) is 0.469. The average molecular weight is 388 g/mol. The van der Waals surface area contributed by atoms with Crippen molar-refractivity contribution in [2.75, 3.05) is 5.73 Å². The number of rotatable bonds is 1. The van der Waals surface area contributed by atoms with Gasteiger partial charge in [0.25, 0.3) is 0 Å². The highest BCUT2D eigenvalue weighted by Crippen LogP contribution is 2.43. The van der Waals surface area contributed by atoms with Crippen molar-refractivity contribution in [1.82, 2.24) is 0 Å². The molecule has 0 aliphatic carbocycles. The van der Waals surface area contributed by atoms with Gasteiger partial charge in [0.2, 0.25) is 0 Å². The van der Waals surface area contributed by atoms with Gasteiger partial charge in [-0.25, -0.2) is 0 Å². The van der Waals surface area contributed by atoms with Gasteiger partial charge >= 0.3 is 0 Å². The highest BCUT2D eigenvalue weighted by atomic mass is 79.9. The van der Waals surface area contributed by atoms with Crippen molar-refractivity contribution in [3.63, 3.8) is 0 Å². The lowest BCUT2D eigenvalue weighted by Crippen LogP contribution is -2.01. The van der Waals surface area contributed by atoms with Crippen LogP contribution in [0.15, 0.2) is 57.8 Å². The maximum Gasteiger partial charge on any atom is 0.197 e. The normalized spacial score (nSPS) is 11.3. The van der Waals surface area contributed by atoms with Gasteiger partial charge in [-0.1, -0.05) is 40.2 Å². The van der Waals surface area contributed by atoms with Crippen LogP contribution in [0, 0.1) is 0 Å². The highest BCUT2D eigenvalue weighted by Gasteiger charge is 2.17. The predicted octanol–water partition coefficient (Wildman–Crippen LogP) is 5.49. The largest absolute Gasteiger partial charge is 0.390 e. The minimum absolute atomic E-state index is 0.0623. The van der Waals surface area contributed by atoms with E-state index in [1.807, 2.05) is 48.5 Å². The Morgan fingerprint density at radius 2 is 1.82 bits per heavy atom. The van der Waals surface area contributed by atoms with Crippen molar-refractivity contribution < 1.29 is 0 Å². The SMILES string of the molecule is Nc1sc2sc3ccccc3c(=O)c2c1-c1cccc(Br)c1. The van der Waals surface area contributed by atoms with Crippen LogP contribution in [-0.4, -0.2) is 0 Å². The third kappa shape index (κ3) is 2.08. The van der Waals surface area contributed by atoms with E-state index in [4.69, 9.17) is 5.73 Å². The fourth-order valence-electron chi connectivity index (χ4n) is 2.61. The molecule has 2 nitrogen and oxygen atoms in total. The minimum Gasteiger partial charge on any atom is -0.390 e. The smallest absolute Gasteiger partial charge is 0.197 e. The van der Waals surface area contributed by atoms with E-state index in [-0.39, 0.29) is 5.43 Å². The van der Waals surface area contributed by atoms with Crippen LogP contribution in [0.4, 0.5) is 5.00 Å². The van der Waals surface area contributed by atoms with E-state index in [1.165, 1.54) is 11.3 Å². The molecule has 2 N–H and O–H groups in total. The van der Waals surface area contributed by atoms with Gasteiger partial charge in [0.15, 0.2) is 5.43 Å². The molecule has 5 heteroatoms. The topological polar surface area (TPSA) is 43.1 Å². The molecule has 0 aliphatic heterocycles. The molecule has 0 bridgehead atoms. The lowest BCUT2D eigenvalue weighted by atomic mass is 10.0. The molecule has 0 atom stereocenters. The molecule has 0 radical (unpaired) electrons. The van der Waals surface area contributed by atoms with Crippen LogP contribution >= 0.6 is 38.6 Å². The summed E-state index contributed by atoms with van der Waals surface area (Å²) in [5, 5.41) is 2.19. The van der Waals surface area contributed by atoms with E-state index < -0.39 is 0 Å². The number of anilines is 1. The lowest BCUT2D eigenvalue weighted by molar-refractivity contribution is 1.63. The zero-order valence-electron chi connectivity index (χ0n) is 11.3. The van der Waals surface area contributed by atoms with Gasteiger partial charge in [0, 0.05) is 20.1 Å². The fraction of sp³-hybridized carbons (Fsp3) is 0. The van der Waals surface area contributed by atoms with E-state index >= 15 is 0 Å². The summed E-state index contributed by atoms with van der Waals surface area (Å²) in [6.07, 6.45) is 0. The van der Waals surface area contributed by atoms with Crippen LogP contribution in [0.25, 0.3) is 30.6 Å². The summed E-state index contributed by atoms with van der Waals surface area (Å²) in [5.41, 5.74) is 8.13. The third-order valence-corrected chi connectivity index (χ3v) is 6.35. The first-order valence-corrected chi connectivity index (χ1v) is 9.07. The maximum atomic E-state index is 12.9. The Morgan fingerprint density at radius 1 is 1.00 bits per heavy atom. The van der Waals surface area contributed by atoms with Crippen LogP contribution in [-0.2, 0) is 0 Å². The van der Waals surface area contributed by atoms with Crippen molar-refractivity contribution in [2.24, 2.45) is 0 Å². The molecule has 108 valence electrons. The van der Waals surface area contributed by atoms with E-state index in [0.717, 1.165) is 35.1 Å². The van der Waals surface area contributed by atoms with E-state index in [1.54, 1.807) is 11.3 Å². The summed E-state index contributed by atoms with van der Waals surface area (Å²) in [6, 6.07) is 15.6. The van der Waals surface area contributed by atoms with E-state index in [2.05, 4.69) is 15.9 Å². The Kier molecular flexibility index (Phi) is 3.29. The van der Waals surface area contributed by atoms with Gasteiger partial charge in [-0.15, -0.1) is 22.7 Å². The summed E-state index contributed by atoms with van der Waals surface area (Å²) >= 11 is 6.60. The molecule has 2 aromatic heterocycles. The van der Waals surface area contributed by atoms with Crippen LogP contribution in [0.5, 0.6) is 0 Å². The van der Waals surface area contributed by atoms with Crippen molar-refractivity contribution in [2.45, 2.75) is 0 Å². The summed E-state index contributed by atoms with van der Waals surface area (Å²) in [7, 11) is 0. The number of nitrogens with two attached hydrogens (primary N) is 1. The Hall–Kier alpha value is -1.69. The molecular weight excluding hydrogens is 378 g/mol. The van der Waals surface area contributed by atoms with Gasteiger partial charge in [-0.05, 0) is 29.8 Å². The summed E-state index contributed by atoms with van der Waals surface area (Å²) in [5.74, 6) is 0. The van der Waals surface area contributed by atoms with Crippen LogP contribution in [0.1, 0.15) is 0 Å². The third-order valence-electron chi connectivity index (χ3n) is 3.58. The van der Waals surface area contributed by atoms with Crippen LogP contribution in [0.2, 0.25) is 0 Å². The van der Waals surface area contributed by atoms with E-state index in [9.17, 15) is 4.79 Å². The van der Waals surface area contributed by atoms with Crippen LogP contribution < -0.4 is 11.2 Å². The first kappa shape index (κ1) is 13.9. The number of hydrogen-bond donors (Lipinski definition) is 1.